The van der Waals surface area contributed by atoms with E-state index in [9.17, 15) is 19.8 Å². The minimum atomic E-state index is -1.04. The van der Waals surface area contributed by atoms with E-state index in [1.165, 1.54) is 12.1 Å². The van der Waals surface area contributed by atoms with Crippen LogP contribution >= 0.6 is 11.6 Å². The number of aromatic carboxylic acids is 2. The highest BCUT2D eigenvalue weighted by atomic mass is 35.5. The van der Waals surface area contributed by atoms with Crippen LogP contribution in [0.15, 0.2) is 91.0 Å². The second kappa shape index (κ2) is 8.46. The zero-order valence-electron chi connectivity index (χ0n) is 16.2. The molecule has 0 saturated heterocycles. The molecule has 0 aromatic heterocycles. The predicted molar refractivity (Wildman–Crippen MR) is 122 cm³/mol. The average molecular weight is 429 g/mol. The Morgan fingerprint density at radius 1 is 0.581 bits per heavy atom. The fourth-order valence-electron chi connectivity index (χ4n) is 3.63. The van der Waals surface area contributed by atoms with Crippen LogP contribution in [0.3, 0.4) is 0 Å². The quantitative estimate of drug-likeness (QED) is 0.369. The van der Waals surface area contributed by atoms with Gasteiger partial charge in [-0.15, -0.1) is 0 Å². The molecule has 0 radical (unpaired) electrons. The Bertz CT molecular complexity index is 1300. The van der Waals surface area contributed by atoms with Gasteiger partial charge < -0.3 is 10.2 Å². The van der Waals surface area contributed by atoms with Crippen molar-refractivity contribution in [2.45, 2.75) is 0 Å². The minimum Gasteiger partial charge on any atom is -0.478 e. The van der Waals surface area contributed by atoms with E-state index in [1.807, 2.05) is 42.5 Å². The van der Waals surface area contributed by atoms with Gasteiger partial charge in [-0.2, -0.15) is 0 Å². The molecule has 4 aromatic rings. The van der Waals surface area contributed by atoms with Crippen LogP contribution in [-0.2, 0) is 0 Å². The van der Waals surface area contributed by atoms with Gasteiger partial charge in [-0.1, -0.05) is 72.3 Å². The number of carbonyl (C=O) groups is 2. The average Bonchev–Trinajstić information content (AvgIpc) is 2.79. The molecule has 4 rings (SSSR count). The van der Waals surface area contributed by atoms with Crippen LogP contribution in [-0.4, -0.2) is 22.2 Å². The molecular weight excluding hydrogens is 412 g/mol. The summed E-state index contributed by atoms with van der Waals surface area (Å²) in [5.74, 6) is -2.06. The number of carboxylic acids is 2. The number of rotatable bonds is 5. The molecule has 0 amide bonds. The molecule has 0 bridgehead atoms. The molecule has 2 N–H and O–H groups in total. The molecule has 152 valence electrons. The lowest BCUT2D eigenvalue weighted by Gasteiger charge is -2.18. The summed E-state index contributed by atoms with van der Waals surface area (Å²) in [5, 5.41) is 19.4. The van der Waals surface area contributed by atoms with Crippen molar-refractivity contribution in [1.82, 2.24) is 0 Å². The lowest BCUT2D eigenvalue weighted by Crippen LogP contribution is -1.99. The van der Waals surface area contributed by atoms with Crippen molar-refractivity contribution in [3.05, 3.63) is 107 Å². The summed E-state index contributed by atoms with van der Waals surface area (Å²) in [6.07, 6.45) is 0. The van der Waals surface area contributed by atoms with E-state index in [4.69, 9.17) is 11.6 Å². The maximum Gasteiger partial charge on any atom is 0.335 e. The Labute approximate surface area is 184 Å². The van der Waals surface area contributed by atoms with Gasteiger partial charge in [0, 0.05) is 10.6 Å². The zero-order valence-corrected chi connectivity index (χ0v) is 17.0. The molecule has 0 aliphatic rings. The first kappa shape index (κ1) is 20.4. The lowest BCUT2D eigenvalue weighted by atomic mass is 9.86. The van der Waals surface area contributed by atoms with E-state index >= 15 is 0 Å². The Morgan fingerprint density at radius 3 is 1.65 bits per heavy atom. The SMILES string of the molecule is O=C(O)c1cccc(-c2c(Cl)ccc(-c3ccccc3)c2-c2cccc(C(=O)O)c2)c1. The first-order valence-corrected chi connectivity index (χ1v) is 9.89. The molecule has 0 aliphatic carbocycles. The van der Waals surface area contributed by atoms with Crippen LogP contribution < -0.4 is 0 Å². The molecule has 4 aromatic carbocycles. The first-order valence-electron chi connectivity index (χ1n) is 9.51. The Hall–Kier alpha value is -3.89. The summed E-state index contributed by atoms with van der Waals surface area (Å²) >= 11 is 6.64. The molecule has 4 nitrogen and oxygen atoms in total. The lowest BCUT2D eigenvalue weighted by molar-refractivity contribution is 0.0686. The van der Waals surface area contributed by atoms with Gasteiger partial charge in [-0.3, -0.25) is 0 Å². The number of halogens is 1. The van der Waals surface area contributed by atoms with E-state index < -0.39 is 11.9 Å². The van der Waals surface area contributed by atoms with Crippen LogP contribution in [0, 0.1) is 0 Å². The topological polar surface area (TPSA) is 74.6 Å². The molecule has 0 fully saturated rings. The van der Waals surface area contributed by atoms with Crippen molar-refractivity contribution in [2.75, 3.05) is 0 Å². The molecule has 0 spiro atoms. The monoisotopic (exact) mass is 428 g/mol. The second-order valence-corrected chi connectivity index (χ2v) is 7.39. The summed E-state index contributed by atoms with van der Waals surface area (Å²) in [7, 11) is 0. The molecule has 0 unspecified atom stereocenters. The predicted octanol–water partition coefficient (Wildman–Crippen LogP) is 6.74. The number of hydrogen-bond acceptors (Lipinski definition) is 2. The van der Waals surface area contributed by atoms with Crippen molar-refractivity contribution in [3.63, 3.8) is 0 Å². The number of hydrogen-bond donors (Lipinski definition) is 2. The van der Waals surface area contributed by atoms with Crippen LogP contribution in [0.25, 0.3) is 33.4 Å². The summed E-state index contributed by atoms with van der Waals surface area (Å²) < 4.78 is 0. The Kier molecular flexibility index (Phi) is 5.56. The third-order valence-electron chi connectivity index (χ3n) is 5.04. The highest BCUT2D eigenvalue weighted by molar-refractivity contribution is 6.34. The summed E-state index contributed by atoms with van der Waals surface area (Å²) in [6.45, 7) is 0. The normalized spacial score (nSPS) is 10.6. The fourth-order valence-corrected chi connectivity index (χ4v) is 3.90. The van der Waals surface area contributed by atoms with Gasteiger partial charge in [-0.25, -0.2) is 9.59 Å². The van der Waals surface area contributed by atoms with Crippen LogP contribution in [0.2, 0.25) is 5.02 Å². The van der Waals surface area contributed by atoms with E-state index in [2.05, 4.69) is 0 Å². The molecular formula is C26H17ClO4. The van der Waals surface area contributed by atoms with E-state index in [-0.39, 0.29) is 11.1 Å². The fraction of sp³-hybridized carbons (Fsp3) is 0. The maximum absolute atomic E-state index is 11.6. The summed E-state index contributed by atoms with van der Waals surface area (Å²) in [5.41, 5.74) is 4.80. The van der Waals surface area contributed by atoms with Crippen molar-refractivity contribution in [1.29, 1.82) is 0 Å². The van der Waals surface area contributed by atoms with Gasteiger partial charge in [-0.05, 0) is 58.1 Å². The van der Waals surface area contributed by atoms with Gasteiger partial charge >= 0.3 is 11.9 Å². The second-order valence-electron chi connectivity index (χ2n) is 6.98. The largest absolute Gasteiger partial charge is 0.478 e. The molecule has 0 saturated carbocycles. The van der Waals surface area contributed by atoms with Gasteiger partial charge in [0.15, 0.2) is 0 Å². The van der Waals surface area contributed by atoms with Gasteiger partial charge in [0.2, 0.25) is 0 Å². The molecule has 0 aliphatic heterocycles. The van der Waals surface area contributed by atoms with Gasteiger partial charge in [0.05, 0.1) is 11.1 Å². The van der Waals surface area contributed by atoms with Crippen LogP contribution in [0.5, 0.6) is 0 Å². The molecule has 5 heteroatoms. The van der Waals surface area contributed by atoms with Gasteiger partial charge in [0.25, 0.3) is 0 Å². The standard InChI is InChI=1S/C26H17ClO4/c27-22-13-12-21(16-6-2-1-3-7-16)23(17-8-4-10-19(14-17)25(28)29)24(22)18-9-5-11-20(15-18)26(30)31/h1-15H,(H,28,29)(H,30,31). The number of carboxylic acid groups (broad SMARTS) is 2. The maximum atomic E-state index is 11.6. The Morgan fingerprint density at radius 2 is 1.10 bits per heavy atom. The third kappa shape index (κ3) is 4.06. The highest BCUT2D eigenvalue weighted by Crippen LogP contribution is 2.44. The van der Waals surface area contributed by atoms with E-state index in [1.54, 1.807) is 36.4 Å². The summed E-state index contributed by atoms with van der Waals surface area (Å²) in [6, 6.07) is 26.6. The first-order chi connectivity index (χ1) is 15.0. The van der Waals surface area contributed by atoms with Crippen molar-refractivity contribution < 1.29 is 19.8 Å². The van der Waals surface area contributed by atoms with E-state index in [0.717, 1.165) is 16.7 Å². The zero-order chi connectivity index (χ0) is 22.0. The van der Waals surface area contributed by atoms with Crippen molar-refractivity contribution >= 4 is 23.5 Å². The number of benzene rings is 4. The van der Waals surface area contributed by atoms with Crippen molar-refractivity contribution in [3.8, 4) is 33.4 Å². The van der Waals surface area contributed by atoms with Crippen LogP contribution in [0.1, 0.15) is 20.7 Å². The summed E-state index contributed by atoms with van der Waals surface area (Å²) in [4.78, 5) is 23.1. The third-order valence-corrected chi connectivity index (χ3v) is 5.35. The minimum absolute atomic E-state index is 0.143. The molecule has 31 heavy (non-hydrogen) atoms. The molecule has 0 heterocycles. The highest BCUT2D eigenvalue weighted by Gasteiger charge is 2.19. The van der Waals surface area contributed by atoms with Crippen molar-refractivity contribution in [2.24, 2.45) is 0 Å². The smallest absolute Gasteiger partial charge is 0.335 e. The van der Waals surface area contributed by atoms with Crippen LogP contribution in [0.4, 0.5) is 0 Å². The van der Waals surface area contributed by atoms with Gasteiger partial charge in [0.1, 0.15) is 0 Å². The Balaban J connectivity index is 2.08. The van der Waals surface area contributed by atoms with E-state index in [0.29, 0.717) is 21.7 Å². The molecule has 0 atom stereocenters.